The van der Waals surface area contributed by atoms with Crippen molar-refractivity contribution in [3.8, 4) is 0 Å². The summed E-state index contributed by atoms with van der Waals surface area (Å²) in [5, 5.41) is 0. The van der Waals surface area contributed by atoms with Crippen molar-refractivity contribution in [3.63, 3.8) is 0 Å². The summed E-state index contributed by atoms with van der Waals surface area (Å²) in [7, 11) is 0. The molecule has 1 aromatic carbocycles. The molecule has 0 radical (unpaired) electrons. The minimum atomic E-state index is 0.490. The van der Waals surface area contributed by atoms with Gasteiger partial charge in [0, 0.05) is 0 Å². The molecule has 1 aromatic rings. The summed E-state index contributed by atoms with van der Waals surface area (Å²) < 4.78 is 0. The van der Waals surface area contributed by atoms with Crippen LogP contribution in [0.5, 0.6) is 0 Å². The molecule has 2 saturated carbocycles. The largest absolute Gasteiger partial charge is 0.0882 e. The predicted octanol–water partition coefficient (Wildman–Crippen LogP) is 7.36. The second-order valence-corrected chi connectivity index (χ2v) is 10.5. The van der Waals surface area contributed by atoms with E-state index in [-0.39, 0.29) is 0 Å². The van der Waals surface area contributed by atoms with Crippen LogP contribution in [0.4, 0.5) is 0 Å². The Morgan fingerprint density at radius 3 is 2.59 bits per heavy atom. The van der Waals surface area contributed by atoms with E-state index in [2.05, 4.69) is 62.4 Å². The Balaban J connectivity index is 1.34. The summed E-state index contributed by atoms with van der Waals surface area (Å²) >= 11 is 0. The quantitative estimate of drug-likeness (QED) is 0.494. The van der Waals surface area contributed by atoms with E-state index >= 15 is 0 Å². The van der Waals surface area contributed by atoms with Crippen LogP contribution in [0.1, 0.15) is 70.8 Å². The highest BCUT2D eigenvalue weighted by Crippen LogP contribution is 2.66. The molecular weight excluding hydrogens is 324 g/mol. The molecule has 2 fully saturated rings. The lowest BCUT2D eigenvalue weighted by molar-refractivity contribution is -0.0827. The molecule has 0 bridgehead atoms. The van der Waals surface area contributed by atoms with E-state index in [9.17, 15) is 0 Å². The molecule has 0 spiro atoms. The maximum Gasteiger partial charge on any atom is -0.00822 e. The van der Waals surface area contributed by atoms with Crippen molar-refractivity contribution < 1.29 is 0 Å². The molecule has 144 valence electrons. The third kappa shape index (κ3) is 2.78. The SMILES string of the molecule is C[C@]12CC=CC[C@@H]1CC[C@H]1[C@H]2CC[C@@]2(C)C(CCc3ccccc3)=CC[C@H]12. The van der Waals surface area contributed by atoms with E-state index in [1.807, 2.05) is 0 Å². The Morgan fingerprint density at radius 1 is 0.889 bits per heavy atom. The van der Waals surface area contributed by atoms with Crippen LogP contribution in [-0.4, -0.2) is 0 Å². The summed E-state index contributed by atoms with van der Waals surface area (Å²) in [6, 6.07) is 11.1. The summed E-state index contributed by atoms with van der Waals surface area (Å²) in [6.45, 7) is 5.28. The Labute approximate surface area is 166 Å². The second kappa shape index (κ2) is 6.64. The normalized spacial score (nSPS) is 42.8. The number of benzene rings is 1. The zero-order valence-corrected chi connectivity index (χ0v) is 17.3. The van der Waals surface area contributed by atoms with Gasteiger partial charge in [-0.05, 0) is 97.9 Å². The van der Waals surface area contributed by atoms with Gasteiger partial charge in [-0.25, -0.2) is 0 Å². The van der Waals surface area contributed by atoms with Crippen LogP contribution in [-0.2, 0) is 6.42 Å². The molecule has 0 saturated heterocycles. The zero-order chi connectivity index (χ0) is 18.5. The summed E-state index contributed by atoms with van der Waals surface area (Å²) in [5.74, 6) is 3.83. The molecule has 27 heavy (non-hydrogen) atoms. The van der Waals surface area contributed by atoms with Crippen molar-refractivity contribution in [2.75, 3.05) is 0 Å². The van der Waals surface area contributed by atoms with E-state index in [1.54, 1.807) is 5.57 Å². The van der Waals surface area contributed by atoms with Crippen LogP contribution in [0.2, 0.25) is 0 Å². The van der Waals surface area contributed by atoms with Crippen molar-refractivity contribution in [2.24, 2.45) is 34.5 Å². The lowest BCUT2D eigenvalue weighted by Crippen LogP contribution is -2.51. The first-order chi connectivity index (χ1) is 13.1. The van der Waals surface area contributed by atoms with Crippen LogP contribution in [0.15, 0.2) is 54.1 Å². The number of aryl methyl sites for hydroxylation is 1. The number of hydrogen-bond acceptors (Lipinski definition) is 0. The van der Waals surface area contributed by atoms with E-state index in [4.69, 9.17) is 0 Å². The van der Waals surface area contributed by atoms with E-state index in [0.29, 0.717) is 10.8 Å². The number of rotatable bonds is 3. The molecule has 0 aliphatic heterocycles. The standard InChI is InChI=1S/C27H36/c1-26-18-7-6-10-21(26)13-15-23-24-16-14-22(27(24,2)19-17-25(23)26)12-11-20-8-4-3-5-9-20/h3-9,14,21,23-25H,10-13,15-19H2,1-2H3/t21-,23-,24-,25-,26+,27+/m1/s1. The van der Waals surface area contributed by atoms with Crippen LogP contribution in [0.25, 0.3) is 0 Å². The first-order valence-corrected chi connectivity index (χ1v) is 11.5. The molecule has 0 heteroatoms. The topological polar surface area (TPSA) is 0 Å². The molecule has 0 unspecified atom stereocenters. The molecule has 0 nitrogen and oxygen atoms in total. The van der Waals surface area contributed by atoms with Gasteiger partial charge in [0.25, 0.3) is 0 Å². The fraction of sp³-hybridized carbons (Fsp3) is 0.630. The monoisotopic (exact) mass is 360 g/mol. The van der Waals surface area contributed by atoms with Crippen molar-refractivity contribution >= 4 is 0 Å². The van der Waals surface area contributed by atoms with Gasteiger partial charge in [-0.2, -0.15) is 0 Å². The molecule has 0 amide bonds. The lowest BCUT2D eigenvalue weighted by Gasteiger charge is -2.59. The van der Waals surface area contributed by atoms with Crippen molar-refractivity contribution in [2.45, 2.75) is 71.6 Å². The van der Waals surface area contributed by atoms with Gasteiger partial charge < -0.3 is 0 Å². The van der Waals surface area contributed by atoms with Crippen molar-refractivity contribution in [1.29, 1.82) is 0 Å². The molecule has 0 N–H and O–H groups in total. The molecule has 0 aromatic heterocycles. The van der Waals surface area contributed by atoms with Gasteiger partial charge in [0.15, 0.2) is 0 Å². The zero-order valence-electron chi connectivity index (χ0n) is 17.3. The third-order valence-electron chi connectivity index (χ3n) is 9.48. The first-order valence-electron chi connectivity index (χ1n) is 11.5. The van der Waals surface area contributed by atoms with Gasteiger partial charge in [-0.3, -0.25) is 0 Å². The minimum absolute atomic E-state index is 0.490. The van der Waals surface area contributed by atoms with Gasteiger partial charge in [-0.1, -0.05) is 68.0 Å². The van der Waals surface area contributed by atoms with E-state index in [0.717, 1.165) is 23.7 Å². The summed E-state index contributed by atoms with van der Waals surface area (Å²) in [5.41, 5.74) is 4.38. The van der Waals surface area contributed by atoms with Gasteiger partial charge in [0.05, 0.1) is 0 Å². The van der Waals surface area contributed by atoms with E-state index < -0.39 is 0 Å². The van der Waals surface area contributed by atoms with Gasteiger partial charge >= 0.3 is 0 Å². The molecule has 4 aliphatic rings. The van der Waals surface area contributed by atoms with Crippen LogP contribution in [0, 0.1) is 34.5 Å². The molecular formula is C27H36. The number of fused-ring (bicyclic) bond motifs is 5. The van der Waals surface area contributed by atoms with Gasteiger partial charge in [0.1, 0.15) is 0 Å². The summed E-state index contributed by atoms with van der Waals surface area (Å²) in [4.78, 5) is 0. The van der Waals surface area contributed by atoms with Crippen molar-refractivity contribution in [1.82, 2.24) is 0 Å². The van der Waals surface area contributed by atoms with Crippen LogP contribution in [0.3, 0.4) is 0 Å². The molecule has 5 rings (SSSR count). The maximum absolute atomic E-state index is 2.67. The lowest BCUT2D eigenvalue weighted by atomic mass is 9.45. The average Bonchev–Trinajstić information content (AvgIpc) is 3.03. The smallest absolute Gasteiger partial charge is 0.00822 e. The van der Waals surface area contributed by atoms with Gasteiger partial charge in [-0.15, -0.1) is 0 Å². The van der Waals surface area contributed by atoms with Crippen LogP contribution < -0.4 is 0 Å². The Bertz CT molecular complexity index is 741. The predicted molar refractivity (Wildman–Crippen MR) is 114 cm³/mol. The maximum atomic E-state index is 2.67. The second-order valence-electron chi connectivity index (χ2n) is 10.5. The number of hydrogen-bond donors (Lipinski definition) is 0. The van der Waals surface area contributed by atoms with Crippen LogP contribution >= 0.6 is 0 Å². The van der Waals surface area contributed by atoms with Crippen molar-refractivity contribution in [3.05, 3.63) is 59.7 Å². The highest BCUT2D eigenvalue weighted by molar-refractivity contribution is 5.27. The Kier molecular flexibility index (Phi) is 4.37. The van der Waals surface area contributed by atoms with E-state index in [1.165, 1.54) is 63.4 Å². The number of allylic oxidation sites excluding steroid dienone is 4. The highest BCUT2D eigenvalue weighted by atomic mass is 14.6. The first kappa shape index (κ1) is 17.8. The third-order valence-corrected chi connectivity index (χ3v) is 9.48. The molecule has 6 atom stereocenters. The molecule has 0 heterocycles. The average molecular weight is 361 g/mol. The Hall–Kier alpha value is -1.30. The Morgan fingerprint density at radius 2 is 1.74 bits per heavy atom. The summed E-state index contributed by atoms with van der Waals surface area (Å²) in [6.07, 6.45) is 20.1. The minimum Gasteiger partial charge on any atom is -0.0882 e. The molecule has 4 aliphatic carbocycles. The van der Waals surface area contributed by atoms with Gasteiger partial charge in [0.2, 0.25) is 0 Å². The fourth-order valence-electron chi connectivity index (χ4n) is 7.81. The fourth-order valence-corrected chi connectivity index (χ4v) is 7.81. The highest BCUT2D eigenvalue weighted by Gasteiger charge is 2.57.